The second-order valence-corrected chi connectivity index (χ2v) is 5.53. The molecule has 1 N–H and O–H groups in total. The van der Waals surface area contributed by atoms with E-state index in [1.165, 1.54) is 4.57 Å². The number of nitrogens with one attached hydrogen (secondary N) is 1. The zero-order valence-electron chi connectivity index (χ0n) is 11.4. The molecule has 0 aliphatic rings. The van der Waals surface area contributed by atoms with Gasteiger partial charge in [-0.3, -0.25) is 19.1 Å². The van der Waals surface area contributed by atoms with Gasteiger partial charge in [-0.1, -0.05) is 23.5 Å². The highest BCUT2D eigenvalue weighted by Crippen LogP contribution is 2.12. The molecule has 0 unspecified atom stereocenters. The third-order valence-electron chi connectivity index (χ3n) is 3.21. The molecule has 2 heterocycles. The Hall–Kier alpha value is -2.47. The van der Waals surface area contributed by atoms with Crippen molar-refractivity contribution in [3.05, 3.63) is 68.3 Å². The van der Waals surface area contributed by atoms with Gasteiger partial charge >= 0.3 is 4.87 Å². The zero-order chi connectivity index (χ0) is 14.8. The van der Waals surface area contributed by atoms with Crippen LogP contribution in [-0.2, 0) is 6.54 Å². The highest BCUT2D eigenvalue weighted by molar-refractivity contribution is 7.16. The van der Waals surface area contributed by atoms with Gasteiger partial charge < -0.3 is 5.32 Å². The van der Waals surface area contributed by atoms with Crippen LogP contribution >= 0.6 is 11.3 Å². The number of rotatable bonds is 3. The summed E-state index contributed by atoms with van der Waals surface area (Å²) in [7, 11) is 1.81. The summed E-state index contributed by atoms with van der Waals surface area (Å²) in [6, 6.07) is 10.8. The van der Waals surface area contributed by atoms with E-state index in [1.807, 2.05) is 25.2 Å². The van der Waals surface area contributed by atoms with Crippen molar-refractivity contribution < 1.29 is 0 Å². The highest BCUT2D eigenvalue weighted by Gasteiger charge is 2.09. The maximum atomic E-state index is 12.4. The Kier molecular flexibility index (Phi) is 3.53. The van der Waals surface area contributed by atoms with Crippen molar-refractivity contribution in [2.45, 2.75) is 6.54 Å². The summed E-state index contributed by atoms with van der Waals surface area (Å²) in [4.78, 5) is 28.5. The first-order chi connectivity index (χ1) is 10.2. The number of hydrogen-bond donors (Lipinski definition) is 1. The van der Waals surface area contributed by atoms with E-state index >= 15 is 0 Å². The molecule has 1 aromatic carbocycles. The van der Waals surface area contributed by atoms with Gasteiger partial charge in [0.25, 0.3) is 5.56 Å². The van der Waals surface area contributed by atoms with Crippen LogP contribution in [0.3, 0.4) is 0 Å². The molecule has 0 aliphatic carbocycles. The first-order valence-corrected chi connectivity index (χ1v) is 7.26. The van der Waals surface area contributed by atoms with E-state index in [2.05, 4.69) is 10.3 Å². The molecule has 3 aromatic rings. The quantitative estimate of drug-likeness (QED) is 0.802. The molecule has 0 saturated carbocycles. The fourth-order valence-corrected chi connectivity index (χ4v) is 2.99. The van der Waals surface area contributed by atoms with Crippen molar-refractivity contribution in [3.63, 3.8) is 0 Å². The molecule has 0 spiro atoms. The molecule has 0 amide bonds. The van der Waals surface area contributed by atoms with Gasteiger partial charge in [-0.05, 0) is 24.3 Å². The van der Waals surface area contributed by atoms with Gasteiger partial charge in [0.2, 0.25) is 0 Å². The van der Waals surface area contributed by atoms with E-state index in [0.717, 1.165) is 17.0 Å². The lowest BCUT2D eigenvalue weighted by atomic mass is 10.3. The van der Waals surface area contributed by atoms with Gasteiger partial charge in [-0.25, -0.2) is 0 Å². The molecule has 21 heavy (non-hydrogen) atoms. The number of pyridine rings is 1. The van der Waals surface area contributed by atoms with E-state index in [4.69, 9.17) is 0 Å². The lowest BCUT2D eigenvalue weighted by Gasteiger charge is -2.06. The summed E-state index contributed by atoms with van der Waals surface area (Å²) in [5, 5.41) is 3.57. The molecule has 0 bridgehead atoms. The largest absolute Gasteiger partial charge is 0.388 e. The van der Waals surface area contributed by atoms with Crippen molar-refractivity contribution in [2.75, 3.05) is 12.4 Å². The van der Waals surface area contributed by atoms with Crippen LogP contribution in [0.5, 0.6) is 0 Å². The smallest absolute Gasteiger partial charge is 0.310 e. The van der Waals surface area contributed by atoms with E-state index in [1.54, 1.807) is 24.4 Å². The Morgan fingerprint density at radius 2 is 2.05 bits per heavy atom. The van der Waals surface area contributed by atoms with Crippen LogP contribution in [0.25, 0.3) is 10.1 Å². The zero-order valence-corrected chi connectivity index (χ0v) is 12.2. The number of aromatic nitrogens is 2. The molecule has 0 fully saturated rings. The van der Waals surface area contributed by atoms with E-state index in [-0.39, 0.29) is 17.0 Å². The Balaban J connectivity index is 2.12. The molecule has 0 aliphatic heterocycles. The molecule has 0 saturated heterocycles. The summed E-state index contributed by atoms with van der Waals surface area (Å²) in [6.07, 6.45) is 1.65. The predicted octanol–water partition coefficient (Wildman–Crippen LogP) is 1.91. The lowest BCUT2D eigenvalue weighted by molar-refractivity contribution is 0.733. The normalized spacial score (nSPS) is 10.7. The first-order valence-electron chi connectivity index (χ1n) is 6.44. The summed E-state index contributed by atoms with van der Waals surface area (Å²) >= 11 is 1.08. The minimum atomic E-state index is -0.272. The van der Waals surface area contributed by atoms with Crippen LogP contribution in [0.4, 0.5) is 5.69 Å². The molecule has 3 rings (SSSR count). The summed E-state index contributed by atoms with van der Waals surface area (Å²) in [5.74, 6) is 0. The van der Waals surface area contributed by atoms with Crippen LogP contribution in [0, 0.1) is 0 Å². The second kappa shape index (κ2) is 5.49. The molecular formula is C15H13N3O2S. The average molecular weight is 299 g/mol. The van der Waals surface area contributed by atoms with Crippen LogP contribution in [0.15, 0.2) is 52.2 Å². The summed E-state index contributed by atoms with van der Waals surface area (Å²) in [6.45, 7) is 0.175. The van der Waals surface area contributed by atoms with Crippen molar-refractivity contribution >= 4 is 27.1 Å². The van der Waals surface area contributed by atoms with Crippen LogP contribution in [0.1, 0.15) is 5.69 Å². The van der Waals surface area contributed by atoms with Crippen molar-refractivity contribution in [1.82, 2.24) is 9.55 Å². The molecule has 0 atom stereocenters. The number of anilines is 1. The van der Waals surface area contributed by atoms with Crippen LogP contribution in [0.2, 0.25) is 0 Å². The van der Waals surface area contributed by atoms with Crippen molar-refractivity contribution in [2.24, 2.45) is 0 Å². The van der Waals surface area contributed by atoms with E-state index in [9.17, 15) is 9.59 Å². The van der Waals surface area contributed by atoms with Crippen LogP contribution < -0.4 is 15.7 Å². The SMILES string of the molecule is CNc1ccnc(Cn2c(=O)sc3ccccc3c2=O)c1. The predicted molar refractivity (Wildman–Crippen MR) is 85.2 cm³/mol. The molecule has 6 heteroatoms. The van der Waals surface area contributed by atoms with Gasteiger partial charge in [0.1, 0.15) is 0 Å². The Morgan fingerprint density at radius 3 is 2.86 bits per heavy atom. The highest BCUT2D eigenvalue weighted by atomic mass is 32.1. The topological polar surface area (TPSA) is 64.0 Å². The van der Waals surface area contributed by atoms with Crippen LogP contribution in [-0.4, -0.2) is 16.6 Å². The number of hydrogen-bond acceptors (Lipinski definition) is 5. The minimum absolute atomic E-state index is 0.175. The number of nitrogens with zero attached hydrogens (tertiary/aromatic N) is 2. The minimum Gasteiger partial charge on any atom is -0.388 e. The lowest BCUT2D eigenvalue weighted by Crippen LogP contribution is -2.31. The Morgan fingerprint density at radius 1 is 1.24 bits per heavy atom. The molecular weight excluding hydrogens is 286 g/mol. The van der Waals surface area contributed by atoms with E-state index in [0.29, 0.717) is 15.8 Å². The Labute approximate surface area is 124 Å². The van der Waals surface area contributed by atoms with Gasteiger partial charge in [0.15, 0.2) is 0 Å². The molecule has 106 valence electrons. The Bertz CT molecular complexity index is 914. The monoisotopic (exact) mass is 299 g/mol. The fourth-order valence-electron chi connectivity index (χ4n) is 2.13. The number of fused-ring (bicyclic) bond motifs is 1. The third kappa shape index (κ3) is 2.57. The second-order valence-electron chi connectivity index (χ2n) is 4.54. The van der Waals surface area contributed by atoms with E-state index < -0.39 is 0 Å². The fraction of sp³-hybridized carbons (Fsp3) is 0.133. The number of benzene rings is 1. The average Bonchev–Trinajstić information content (AvgIpc) is 2.51. The maximum absolute atomic E-state index is 12.4. The molecule has 0 radical (unpaired) electrons. The molecule has 5 nitrogen and oxygen atoms in total. The third-order valence-corrected chi connectivity index (χ3v) is 4.18. The van der Waals surface area contributed by atoms with Gasteiger partial charge in [-0.2, -0.15) is 0 Å². The van der Waals surface area contributed by atoms with Gasteiger partial charge in [0, 0.05) is 23.6 Å². The van der Waals surface area contributed by atoms with Gasteiger partial charge in [-0.15, -0.1) is 0 Å². The first kappa shape index (κ1) is 13.5. The summed E-state index contributed by atoms with van der Waals surface area (Å²) < 4.78 is 1.94. The standard InChI is InChI=1S/C15H13N3O2S/c1-16-10-6-7-17-11(8-10)9-18-14(19)12-4-2-3-5-13(12)21-15(18)20/h2-8H,9H2,1H3,(H,16,17). The van der Waals surface area contributed by atoms with Gasteiger partial charge in [0.05, 0.1) is 17.6 Å². The molecule has 2 aromatic heterocycles. The van der Waals surface area contributed by atoms with Crippen molar-refractivity contribution in [1.29, 1.82) is 0 Å². The maximum Gasteiger partial charge on any atom is 0.310 e. The summed E-state index contributed by atoms with van der Waals surface area (Å²) in [5.41, 5.74) is 1.29. The van der Waals surface area contributed by atoms with Crippen molar-refractivity contribution in [3.8, 4) is 0 Å².